The van der Waals surface area contributed by atoms with Gasteiger partial charge < -0.3 is 9.47 Å². The van der Waals surface area contributed by atoms with Crippen LogP contribution in [0.3, 0.4) is 0 Å². The monoisotopic (exact) mass is 392 g/mol. The first-order chi connectivity index (χ1) is 12.8. The fourth-order valence-corrected chi connectivity index (χ4v) is 2.27. The minimum atomic E-state index is -4.94. The van der Waals surface area contributed by atoms with Crippen molar-refractivity contribution in [3.05, 3.63) is 66.9 Å². The molecule has 0 saturated heterocycles. The van der Waals surface area contributed by atoms with Crippen LogP contribution >= 0.6 is 0 Å². The van der Waals surface area contributed by atoms with E-state index in [0.29, 0.717) is 0 Å². The summed E-state index contributed by atoms with van der Waals surface area (Å²) >= 11 is 0. The summed E-state index contributed by atoms with van der Waals surface area (Å²) in [5.74, 6) is 2.49. The van der Waals surface area contributed by atoms with E-state index >= 15 is 0 Å². The Labute approximate surface area is 158 Å². The SMILES string of the molecule is COc1ccc(-c2cc[o+]c(-c3ccc(OC)cc3)c2)cc1.[O-][Cl+3]([O-])([O-])[O-]. The van der Waals surface area contributed by atoms with E-state index in [1.807, 2.05) is 60.7 Å². The van der Waals surface area contributed by atoms with Gasteiger partial charge in [-0.15, -0.1) is 10.2 Å². The zero-order valence-corrected chi connectivity index (χ0v) is 15.3. The van der Waals surface area contributed by atoms with Crippen molar-refractivity contribution < 1.29 is 42.8 Å². The number of methoxy groups -OCH3 is 2. The molecule has 0 bridgehead atoms. The van der Waals surface area contributed by atoms with Crippen LogP contribution in [0.25, 0.3) is 22.5 Å². The van der Waals surface area contributed by atoms with Crippen LogP contribution in [0.1, 0.15) is 0 Å². The number of ether oxygens (including phenoxy) is 2. The fourth-order valence-electron chi connectivity index (χ4n) is 2.27. The van der Waals surface area contributed by atoms with Gasteiger partial charge in [0.2, 0.25) is 0 Å². The van der Waals surface area contributed by atoms with E-state index in [2.05, 4.69) is 0 Å². The largest absolute Gasteiger partial charge is 0.497 e. The van der Waals surface area contributed by atoms with E-state index < -0.39 is 10.2 Å². The molecule has 0 unspecified atom stereocenters. The van der Waals surface area contributed by atoms with Crippen molar-refractivity contribution in [3.63, 3.8) is 0 Å². The first-order valence-corrected chi connectivity index (χ1v) is 8.86. The van der Waals surface area contributed by atoms with Crippen LogP contribution in [0, 0.1) is 10.2 Å². The zero-order valence-electron chi connectivity index (χ0n) is 14.6. The highest BCUT2D eigenvalue weighted by Crippen LogP contribution is 2.28. The van der Waals surface area contributed by atoms with E-state index in [1.54, 1.807) is 20.5 Å². The van der Waals surface area contributed by atoms with Crippen molar-refractivity contribution in [2.24, 2.45) is 0 Å². The quantitative estimate of drug-likeness (QED) is 0.579. The molecule has 3 rings (SSSR count). The van der Waals surface area contributed by atoms with E-state index in [9.17, 15) is 0 Å². The Morgan fingerprint density at radius 1 is 0.667 bits per heavy atom. The average molecular weight is 393 g/mol. The third-order valence-electron chi connectivity index (χ3n) is 3.53. The number of hydrogen-bond acceptors (Lipinski definition) is 6. The molecular weight excluding hydrogens is 376 g/mol. The summed E-state index contributed by atoms with van der Waals surface area (Å²) in [6, 6.07) is 19.8. The van der Waals surface area contributed by atoms with Gasteiger partial charge in [0.15, 0.2) is 0 Å². The van der Waals surface area contributed by atoms with Gasteiger partial charge in [-0.3, -0.25) is 0 Å². The van der Waals surface area contributed by atoms with Gasteiger partial charge >= 0.3 is 12.0 Å². The number of rotatable bonds is 4. The smallest absolute Gasteiger partial charge is 0.360 e. The normalized spacial score (nSPS) is 10.6. The second-order valence-corrected chi connectivity index (χ2v) is 5.98. The predicted octanol–water partition coefficient (Wildman–Crippen LogP) is 0.156. The highest BCUT2D eigenvalue weighted by molar-refractivity contribution is 5.69. The molecule has 2 aromatic carbocycles. The molecule has 142 valence electrons. The number of halogens is 1. The lowest BCUT2D eigenvalue weighted by atomic mass is 10.0. The molecule has 0 N–H and O–H groups in total. The molecule has 0 spiro atoms. The maximum absolute atomic E-state index is 8.49. The molecule has 0 aliphatic rings. The molecule has 1 aromatic heterocycles. The Morgan fingerprint density at radius 2 is 1.11 bits per heavy atom. The molecule has 0 aliphatic carbocycles. The van der Waals surface area contributed by atoms with Gasteiger partial charge in [0, 0.05) is 6.07 Å². The highest BCUT2D eigenvalue weighted by atomic mass is 35.7. The Morgan fingerprint density at radius 3 is 1.56 bits per heavy atom. The molecule has 0 radical (unpaired) electrons. The standard InChI is InChI=1S/C19H17O3.ClHO4/c1-20-17-7-3-14(4-8-17)16-11-12-22-19(13-16)15-5-9-18(21-2)10-6-15;2-1(3,4)5/h3-13H,1-2H3;(H,2,3,4,5)/q+1;/p-1. The first-order valence-electron chi connectivity index (χ1n) is 7.62. The second kappa shape index (κ2) is 9.31. The molecule has 0 aliphatic heterocycles. The molecule has 1 heterocycles. The lowest BCUT2D eigenvalue weighted by molar-refractivity contribution is -2.00. The number of hydrogen-bond donors (Lipinski definition) is 0. The first kappa shape index (κ1) is 20.6. The molecule has 7 nitrogen and oxygen atoms in total. The van der Waals surface area contributed by atoms with E-state index in [0.717, 1.165) is 33.9 Å². The lowest BCUT2D eigenvalue weighted by Gasteiger charge is -2.17. The fraction of sp³-hybridized carbons (Fsp3) is 0.105. The second-order valence-electron chi connectivity index (χ2n) is 5.22. The summed E-state index contributed by atoms with van der Waals surface area (Å²) in [5, 5.41) is 0. The molecule has 0 amide bonds. The lowest BCUT2D eigenvalue weighted by Crippen LogP contribution is -2.68. The Kier molecular flexibility index (Phi) is 7.12. The topological polar surface area (TPSA) is 122 Å². The summed E-state index contributed by atoms with van der Waals surface area (Å²) in [7, 11) is -1.62. The van der Waals surface area contributed by atoms with Crippen LogP contribution in [-0.4, -0.2) is 14.2 Å². The van der Waals surface area contributed by atoms with Crippen LogP contribution in [0.5, 0.6) is 11.5 Å². The van der Waals surface area contributed by atoms with Gasteiger partial charge in [0.1, 0.15) is 11.5 Å². The van der Waals surface area contributed by atoms with Gasteiger partial charge in [-0.2, -0.15) is 0 Å². The predicted molar refractivity (Wildman–Crippen MR) is 87.1 cm³/mol. The molecule has 8 heteroatoms. The average Bonchev–Trinajstić information content (AvgIpc) is 2.67. The van der Waals surface area contributed by atoms with Crippen molar-refractivity contribution in [1.29, 1.82) is 0 Å². The maximum atomic E-state index is 8.49. The highest BCUT2D eigenvalue weighted by Gasteiger charge is 2.13. The molecule has 27 heavy (non-hydrogen) atoms. The van der Waals surface area contributed by atoms with Crippen LogP contribution in [-0.2, 0) is 0 Å². The minimum absolute atomic E-state index is 0.816. The molecule has 0 atom stereocenters. The Balaban J connectivity index is 0.000000465. The molecule has 0 saturated carbocycles. The van der Waals surface area contributed by atoms with Crippen molar-refractivity contribution in [2.45, 2.75) is 0 Å². The van der Waals surface area contributed by atoms with E-state index in [-0.39, 0.29) is 0 Å². The van der Waals surface area contributed by atoms with Gasteiger partial charge in [-0.05, 0) is 47.5 Å². The third-order valence-corrected chi connectivity index (χ3v) is 3.53. The van der Waals surface area contributed by atoms with Gasteiger partial charge in [-0.1, -0.05) is 12.1 Å². The number of benzene rings is 2. The van der Waals surface area contributed by atoms with Crippen LogP contribution < -0.4 is 28.1 Å². The van der Waals surface area contributed by atoms with E-state index in [4.69, 9.17) is 32.5 Å². The summed E-state index contributed by atoms with van der Waals surface area (Å²) in [4.78, 5) is 0. The molecule has 0 fully saturated rings. The maximum Gasteiger partial charge on any atom is 0.360 e. The van der Waals surface area contributed by atoms with Gasteiger partial charge in [0.25, 0.3) is 0 Å². The summed E-state index contributed by atoms with van der Waals surface area (Å²) in [5.41, 5.74) is 3.22. The van der Waals surface area contributed by atoms with Gasteiger partial charge in [0.05, 0.1) is 25.8 Å². The summed E-state index contributed by atoms with van der Waals surface area (Å²) < 4.78 is 50.0. The zero-order chi connectivity index (χ0) is 19.9. The van der Waals surface area contributed by atoms with E-state index in [1.165, 1.54) is 0 Å². The molecular formula is C19H17ClO7. The Hall–Kier alpha value is -2.68. The summed E-state index contributed by atoms with van der Waals surface area (Å²) in [6.45, 7) is 0. The van der Waals surface area contributed by atoms with Crippen LogP contribution in [0.15, 0.2) is 71.3 Å². The van der Waals surface area contributed by atoms with Crippen molar-refractivity contribution in [3.8, 4) is 33.9 Å². The Bertz CT molecular complexity index is 774. The van der Waals surface area contributed by atoms with Crippen molar-refractivity contribution >= 4 is 0 Å². The molecule has 3 aromatic rings. The third kappa shape index (κ3) is 6.86. The van der Waals surface area contributed by atoms with Crippen LogP contribution in [0.4, 0.5) is 0 Å². The summed E-state index contributed by atoms with van der Waals surface area (Å²) in [6.07, 6.45) is 1.71. The minimum Gasteiger partial charge on any atom is -0.497 e. The van der Waals surface area contributed by atoms with Crippen molar-refractivity contribution in [1.82, 2.24) is 0 Å². The van der Waals surface area contributed by atoms with Crippen molar-refractivity contribution in [2.75, 3.05) is 14.2 Å². The van der Waals surface area contributed by atoms with Gasteiger partial charge in [-0.25, -0.2) is 23.1 Å². The van der Waals surface area contributed by atoms with Crippen LogP contribution in [0.2, 0.25) is 0 Å².